The highest BCUT2D eigenvalue weighted by atomic mass is 35.5. The van der Waals surface area contributed by atoms with Crippen LogP contribution in [0.2, 0.25) is 5.02 Å². The van der Waals surface area contributed by atoms with Crippen LogP contribution in [0.1, 0.15) is 11.7 Å². The molecule has 0 saturated carbocycles. The predicted molar refractivity (Wildman–Crippen MR) is 82.5 cm³/mol. The molecule has 1 aromatic heterocycles. The van der Waals surface area contributed by atoms with E-state index in [-0.39, 0.29) is 12.1 Å². The lowest BCUT2D eigenvalue weighted by Gasteiger charge is -2.15. The van der Waals surface area contributed by atoms with Crippen LogP contribution in [0.25, 0.3) is 0 Å². The van der Waals surface area contributed by atoms with E-state index in [0.717, 1.165) is 5.56 Å². The number of amides is 2. The zero-order valence-corrected chi connectivity index (χ0v) is 12.5. The molecule has 106 valence electrons. The molecule has 1 unspecified atom stereocenters. The maximum Gasteiger partial charge on any atom is 0.319 e. The highest BCUT2D eigenvalue weighted by Gasteiger charge is 2.12. The number of halogens is 1. The molecule has 0 spiro atoms. The predicted octanol–water partition coefficient (Wildman–Crippen LogP) is 3.91. The van der Waals surface area contributed by atoms with E-state index in [9.17, 15) is 4.79 Å². The van der Waals surface area contributed by atoms with Crippen molar-refractivity contribution in [3.63, 3.8) is 0 Å². The lowest BCUT2D eigenvalue weighted by Crippen LogP contribution is -2.32. The fourth-order valence-corrected chi connectivity index (χ4v) is 2.52. The van der Waals surface area contributed by atoms with Crippen LogP contribution in [-0.4, -0.2) is 19.7 Å². The summed E-state index contributed by atoms with van der Waals surface area (Å²) in [6.07, 6.45) is -0.141. The Balaban J connectivity index is 1.84. The van der Waals surface area contributed by atoms with Gasteiger partial charge in [-0.3, -0.25) is 0 Å². The van der Waals surface area contributed by atoms with Gasteiger partial charge in [-0.05, 0) is 46.7 Å². The number of urea groups is 1. The maximum absolute atomic E-state index is 11.8. The van der Waals surface area contributed by atoms with Gasteiger partial charge < -0.3 is 15.4 Å². The Morgan fingerprint density at radius 3 is 2.70 bits per heavy atom. The number of thiophene rings is 1. The molecule has 1 heterocycles. The lowest BCUT2D eigenvalue weighted by atomic mass is 10.2. The molecule has 0 fully saturated rings. The number of carbonyl (C=O) groups excluding carboxylic acids is 1. The minimum Gasteiger partial charge on any atom is -0.375 e. The first kappa shape index (κ1) is 14.8. The molecular formula is C14H15ClN2O2S. The van der Waals surface area contributed by atoms with Gasteiger partial charge in [0.25, 0.3) is 0 Å². The Morgan fingerprint density at radius 1 is 1.35 bits per heavy atom. The number of carbonyl (C=O) groups is 1. The van der Waals surface area contributed by atoms with Crippen molar-refractivity contribution in [2.45, 2.75) is 6.10 Å². The Morgan fingerprint density at radius 2 is 2.10 bits per heavy atom. The molecule has 4 nitrogen and oxygen atoms in total. The van der Waals surface area contributed by atoms with Gasteiger partial charge in [-0.1, -0.05) is 11.6 Å². The van der Waals surface area contributed by atoms with E-state index in [1.54, 1.807) is 42.7 Å². The van der Waals surface area contributed by atoms with Gasteiger partial charge in [-0.25, -0.2) is 4.79 Å². The Bertz CT molecular complexity index is 543. The van der Waals surface area contributed by atoms with Crippen LogP contribution in [0.4, 0.5) is 10.5 Å². The van der Waals surface area contributed by atoms with Crippen LogP contribution in [-0.2, 0) is 4.74 Å². The minimum absolute atomic E-state index is 0.141. The first-order chi connectivity index (χ1) is 9.69. The van der Waals surface area contributed by atoms with Crippen molar-refractivity contribution >= 4 is 34.7 Å². The standard InChI is InChI=1S/C14H15ClN2O2S/c1-19-13(10-6-7-20-9-10)8-16-14(18)17-12-4-2-11(15)3-5-12/h2-7,9,13H,8H2,1H3,(H2,16,17,18). The molecule has 0 aliphatic heterocycles. The molecule has 2 N–H and O–H groups in total. The second-order valence-electron chi connectivity index (χ2n) is 4.12. The van der Waals surface area contributed by atoms with Gasteiger partial charge in [-0.15, -0.1) is 0 Å². The zero-order chi connectivity index (χ0) is 14.4. The lowest BCUT2D eigenvalue weighted by molar-refractivity contribution is 0.105. The van der Waals surface area contributed by atoms with E-state index in [4.69, 9.17) is 16.3 Å². The third-order valence-electron chi connectivity index (χ3n) is 2.75. The van der Waals surface area contributed by atoms with Crippen molar-refractivity contribution in [1.29, 1.82) is 0 Å². The monoisotopic (exact) mass is 310 g/mol. The minimum atomic E-state index is -0.274. The molecule has 0 saturated heterocycles. The molecule has 1 atom stereocenters. The summed E-state index contributed by atoms with van der Waals surface area (Å²) < 4.78 is 5.36. The maximum atomic E-state index is 11.8. The number of hydrogen-bond acceptors (Lipinski definition) is 3. The number of methoxy groups -OCH3 is 1. The number of rotatable bonds is 5. The number of ether oxygens (including phenoxy) is 1. The van der Waals surface area contributed by atoms with E-state index >= 15 is 0 Å². The van der Waals surface area contributed by atoms with E-state index < -0.39 is 0 Å². The summed E-state index contributed by atoms with van der Waals surface area (Å²) in [5.41, 5.74) is 1.75. The third-order valence-corrected chi connectivity index (χ3v) is 3.70. The van der Waals surface area contributed by atoms with Crippen LogP contribution in [0.5, 0.6) is 0 Å². The van der Waals surface area contributed by atoms with Crippen molar-refractivity contribution in [2.24, 2.45) is 0 Å². The molecule has 20 heavy (non-hydrogen) atoms. The largest absolute Gasteiger partial charge is 0.375 e. The first-order valence-electron chi connectivity index (χ1n) is 6.04. The second kappa shape index (κ2) is 7.28. The van der Waals surface area contributed by atoms with Crippen molar-refractivity contribution in [3.8, 4) is 0 Å². The van der Waals surface area contributed by atoms with Crippen LogP contribution < -0.4 is 10.6 Å². The molecule has 6 heteroatoms. The molecule has 0 aliphatic carbocycles. The number of hydrogen-bond donors (Lipinski definition) is 2. The number of nitrogens with one attached hydrogen (secondary N) is 2. The van der Waals surface area contributed by atoms with Gasteiger partial charge in [0.1, 0.15) is 6.10 Å². The average Bonchev–Trinajstić information content (AvgIpc) is 2.96. The van der Waals surface area contributed by atoms with Crippen molar-refractivity contribution in [3.05, 3.63) is 51.7 Å². The highest BCUT2D eigenvalue weighted by molar-refractivity contribution is 7.07. The second-order valence-corrected chi connectivity index (χ2v) is 5.34. The Labute approximate surface area is 126 Å². The molecule has 1 aromatic carbocycles. The third kappa shape index (κ3) is 4.23. The van der Waals surface area contributed by atoms with E-state index in [0.29, 0.717) is 17.3 Å². The van der Waals surface area contributed by atoms with E-state index in [1.807, 2.05) is 16.8 Å². The van der Waals surface area contributed by atoms with Crippen LogP contribution >= 0.6 is 22.9 Å². The molecule has 2 amide bonds. The van der Waals surface area contributed by atoms with E-state index in [1.165, 1.54) is 0 Å². The molecular weight excluding hydrogens is 296 g/mol. The number of anilines is 1. The summed E-state index contributed by atoms with van der Waals surface area (Å²) in [7, 11) is 1.63. The van der Waals surface area contributed by atoms with Gasteiger partial charge in [0.2, 0.25) is 0 Å². The topological polar surface area (TPSA) is 50.4 Å². The van der Waals surface area contributed by atoms with Crippen LogP contribution in [0.15, 0.2) is 41.1 Å². The first-order valence-corrected chi connectivity index (χ1v) is 7.36. The van der Waals surface area contributed by atoms with Gasteiger partial charge >= 0.3 is 6.03 Å². The summed E-state index contributed by atoms with van der Waals surface area (Å²) in [4.78, 5) is 11.8. The smallest absolute Gasteiger partial charge is 0.319 e. The van der Waals surface area contributed by atoms with Crippen molar-refractivity contribution in [1.82, 2.24) is 5.32 Å². The summed E-state index contributed by atoms with van der Waals surface area (Å²) in [6.45, 7) is 0.409. The quantitative estimate of drug-likeness (QED) is 0.879. The molecule has 0 aliphatic rings. The average molecular weight is 311 g/mol. The van der Waals surface area contributed by atoms with Crippen LogP contribution in [0, 0.1) is 0 Å². The summed E-state index contributed by atoms with van der Waals surface area (Å²) in [5, 5.41) is 10.1. The SMILES string of the molecule is COC(CNC(=O)Nc1ccc(Cl)cc1)c1ccsc1. The summed E-state index contributed by atoms with van der Waals surface area (Å²) in [5.74, 6) is 0. The Hall–Kier alpha value is -1.56. The van der Waals surface area contributed by atoms with E-state index in [2.05, 4.69) is 10.6 Å². The van der Waals surface area contributed by atoms with Crippen molar-refractivity contribution in [2.75, 3.05) is 19.0 Å². The van der Waals surface area contributed by atoms with Gasteiger partial charge in [-0.2, -0.15) is 11.3 Å². The molecule has 2 rings (SSSR count). The molecule has 0 bridgehead atoms. The normalized spacial score (nSPS) is 11.9. The molecule has 0 radical (unpaired) electrons. The van der Waals surface area contributed by atoms with Gasteiger partial charge in [0.05, 0.1) is 0 Å². The summed E-state index contributed by atoms with van der Waals surface area (Å²) in [6, 6.07) is 8.64. The fourth-order valence-electron chi connectivity index (χ4n) is 1.69. The highest BCUT2D eigenvalue weighted by Crippen LogP contribution is 2.18. The van der Waals surface area contributed by atoms with Gasteiger partial charge in [0, 0.05) is 24.4 Å². The zero-order valence-electron chi connectivity index (χ0n) is 10.9. The van der Waals surface area contributed by atoms with Crippen LogP contribution in [0.3, 0.4) is 0 Å². The van der Waals surface area contributed by atoms with Gasteiger partial charge in [0.15, 0.2) is 0 Å². The van der Waals surface area contributed by atoms with Crippen molar-refractivity contribution < 1.29 is 9.53 Å². The fraction of sp³-hybridized carbons (Fsp3) is 0.214. The summed E-state index contributed by atoms with van der Waals surface area (Å²) >= 11 is 7.38. The Kier molecular flexibility index (Phi) is 5.40. The number of benzene rings is 1. The molecule has 2 aromatic rings.